The number of hydrogen-bond acceptors (Lipinski definition) is 6. The predicted molar refractivity (Wildman–Crippen MR) is 191 cm³/mol. The molecule has 0 amide bonds. The fourth-order valence-electron chi connectivity index (χ4n) is 6.12. The molecule has 268 valence electrons. The largest absolute Gasteiger partial charge is 0.466 e. The number of carbonyl (C=O) groups is 2. The van der Waals surface area contributed by atoms with Crippen LogP contribution >= 0.6 is 0 Å². The molecule has 0 aliphatic heterocycles. The van der Waals surface area contributed by atoms with Gasteiger partial charge >= 0.3 is 11.9 Å². The number of unbranched alkanes of at least 4 members (excludes halogenated alkanes) is 17. The Labute approximate surface area is 280 Å². The van der Waals surface area contributed by atoms with E-state index in [4.69, 9.17) is 9.47 Å². The molecule has 6 heteroatoms. The maximum atomic E-state index is 12.3. The van der Waals surface area contributed by atoms with E-state index in [1.807, 2.05) is 0 Å². The molecule has 0 heterocycles. The molecule has 0 aliphatic carbocycles. The Kier molecular flexibility index (Phi) is 34.8. The number of aliphatic hydroxyl groups is 1. The summed E-state index contributed by atoms with van der Waals surface area (Å²) in [4.78, 5) is 26.6. The van der Waals surface area contributed by atoms with Gasteiger partial charge in [0.1, 0.15) is 0 Å². The molecule has 0 aromatic heterocycles. The monoisotopic (exact) mass is 640 g/mol. The highest BCUT2D eigenvalue weighted by atomic mass is 16.5. The Morgan fingerprint density at radius 2 is 0.933 bits per heavy atom. The van der Waals surface area contributed by atoms with Crippen molar-refractivity contribution in [3.8, 4) is 0 Å². The van der Waals surface area contributed by atoms with Crippen molar-refractivity contribution in [3.05, 3.63) is 0 Å². The third-order valence-corrected chi connectivity index (χ3v) is 9.11. The number of ether oxygens (including phenoxy) is 2. The van der Waals surface area contributed by atoms with Gasteiger partial charge in [-0.05, 0) is 51.1 Å². The topological polar surface area (TPSA) is 76.1 Å². The summed E-state index contributed by atoms with van der Waals surface area (Å²) in [5.41, 5.74) is 0. The van der Waals surface area contributed by atoms with Crippen LogP contribution < -0.4 is 0 Å². The van der Waals surface area contributed by atoms with Crippen LogP contribution in [0.25, 0.3) is 0 Å². The summed E-state index contributed by atoms with van der Waals surface area (Å²) in [6.07, 6.45) is 31.1. The second-order valence-electron chi connectivity index (χ2n) is 13.5. The lowest BCUT2D eigenvalue weighted by atomic mass is 9.92. The lowest BCUT2D eigenvalue weighted by Gasteiger charge is -2.21. The van der Waals surface area contributed by atoms with E-state index in [2.05, 4.69) is 25.7 Å². The Balaban J connectivity index is 3.88. The summed E-state index contributed by atoms with van der Waals surface area (Å²) in [6, 6.07) is 0. The fourth-order valence-corrected chi connectivity index (χ4v) is 6.12. The Morgan fingerprint density at radius 1 is 0.489 bits per heavy atom. The van der Waals surface area contributed by atoms with Crippen molar-refractivity contribution >= 4 is 11.9 Å². The molecule has 0 unspecified atom stereocenters. The molecule has 0 atom stereocenters. The van der Waals surface area contributed by atoms with E-state index >= 15 is 0 Å². The van der Waals surface area contributed by atoms with Crippen LogP contribution in [0.2, 0.25) is 0 Å². The molecule has 45 heavy (non-hydrogen) atoms. The molecule has 0 fully saturated rings. The van der Waals surface area contributed by atoms with Crippen LogP contribution in [0.3, 0.4) is 0 Å². The number of carbonyl (C=O) groups excluding carboxylic acids is 2. The highest BCUT2D eigenvalue weighted by molar-refractivity contribution is 5.69. The Morgan fingerprint density at radius 3 is 1.51 bits per heavy atom. The third kappa shape index (κ3) is 32.6. The highest BCUT2D eigenvalue weighted by Gasteiger charge is 2.11. The number of aliphatic hydroxyl groups excluding tert-OH is 1. The van der Waals surface area contributed by atoms with E-state index < -0.39 is 0 Å². The molecule has 0 aromatic rings. The van der Waals surface area contributed by atoms with Crippen molar-refractivity contribution in [2.45, 2.75) is 194 Å². The van der Waals surface area contributed by atoms with Crippen LogP contribution in [0.15, 0.2) is 0 Å². The zero-order chi connectivity index (χ0) is 33.1. The molecular formula is C39H77NO5. The number of nitrogens with zero attached hydrogens (tertiary/aromatic N) is 1. The summed E-state index contributed by atoms with van der Waals surface area (Å²) >= 11 is 0. The summed E-state index contributed by atoms with van der Waals surface area (Å²) < 4.78 is 11.0. The van der Waals surface area contributed by atoms with Crippen molar-refractivity contribution in [2.24, 2.45) is 5.92 Å². The normalized spacial score (nSPS) is 11.5. The minimum atomic E-state index is -0.0973. The van der Waals surface area contributed by atoms with Crippen molar-refractivity contribution in [2.75, 3.05) is 39.5 Å². The minimum absolute atomic E-state index is 0.0442. The van der Waals surface area contributed by atoms with E-state index in [-0.39, 0.29) is 18.5 Å². The van der Waals surface area contributed by atoms with Crippen LogP contribution in [0.1, 0.15) is 194 Å². The fraction of sp³-hybridized carbons (Fsp3) is 0.949. The lowest BCUT2D eigenvalue weighted by molar-refractivity contribution is -0.145. The summed E-state index contributed by atoms with van der Waals surface area (Å²) in [5, 5.41) is 9.45. The summed E-state index contributed by atoms with van der Waals surface area (Å²) in [6.45, 7) is 10.4. The lowest BCUT2D eigenvalue weighted by Crippen LogP contribution is -2.29. The standard InChI is InChI=1S/C39H77NO5/c1-4-7-10-13-14-15-16-19-24-35-44-39(43)29-25-32-40(33-34-41)31-23-18-17-22-28-38(42)45-36-30-37(26-20-11-8-5-2)27-21-12-9-6-3/h37,41H,4-36H2,1-3H3. The SMILES string of the molecule is CCCCCCCCCCCOC(=O)CCCN(CCO)CCCCCCC(=O)OCCC(CCCCCC)CCCCCC. The van der Waals surface area contributed by atoms with Gasteiger partial charge in [0.2, 0.25) is 0 Å². The number of hydrogen-bond donors (Lipinski definition) is 1. The predicted octanol–water partition coefficient (Wildman–Crippen LogP) is 10.6. The second kappa shape index (κ2) is 35.7. The van der Waals surface area contributed by atoms with E-state index in [9.17, 15) is 14.7 Å². The quantitative estimate of drug-likeness (QED) is 0.0543. The van der Waals surface area contributed by atoms with Crippen LogP contribution in [0.4, 0.5) is 0 Å². The third-order valence-electron chi connectivity index (χ3n) is 9.11. The molecule has 0 saturated carbocycles. The zero-order valence-electron chi connectivity index (χ0n) is 30.4. The maximum Gasteiger partial charge on any atom is 0.305 e. The smallest absolute Gasteiger partial charge is 0.305 e. The molecule has 0 saturated heterocycles. The molecule has 0 aliphatic rings. The van der Waals surface area contributed by atoms with Crippen LogP contribution in [-0.2, 0) is 19.1 Å². The molecule has 6 nitrogen and oxygen atoms in total. The average molecular weight is 640 g/mol. The first-order valence-electron chi connectivity index (χ1n) is 19.7. The number of esters is 2. The molecule has 0 spiro atoms. The first-order valence-corrected chi connectivity index (χ1v) is 19.7. The van der Waals surface area contributed by atoms with Crippen molar-refractivity contribution in [3.63, 3.8) is 0 Å². The van der Waals surface area contributed by atoms with Crippen LogP contribution in [0, 0.1) is 5.92 Å². The molecule has 0 aromatic carbocycles. The van der Waals surface area contributed by atoms with Gasteiger partial charge in [0.05, 0.1) is 19.8 Å². The highest BCUT2D eigenvalue weighted by Crippen LogP contribution is 2.22. The Bertz CT molecular complexity index is 617. The minimum Gasteiger partial charge on any atom is -0.466 e. The van der Waals surface area contributed by atoms with Gasteiger partial charge < -0.3 is 19.5 Å². The van der Waals surface area contributed by atoms with Crippen LogP contribution in [-0.4, -0.2) is 61.4 Å². The van der Waals surface area contributed by atoms with Crippen molar-refractivity contribution < 1.29 is 24.2 Å². The average Bonchev–Trinajstić information content (AvgIpc) is 3.03. The second-order valence-corrected chi connectivity index (χ2v) is 13.5. The number of rotatable bonds is 36. The summed E-state index contributed by atoms with van der Waals surface area (Å²) in [7, 11) is 0. The molecule has 0 radical (unpaired) electrons. The van der Waals surface area contributed by atoms with E-state index in [0.29, 0.717) is 38.5 Å². The first kappa shape index (κ1) is 43.9. The maximum absolute atomic E-state index is 12.3. The van der Waals surface area contributed by atoms with Gasteiger partial charge in [0, 0.05) is 19.4 Å². The van der Waals surface area contributed by atoms with Gasteiger partial charge in [0.25, 0.3) is 0 Å². The molecule has 0 bridgehead atoms. The van der Waals surface area contributed by atoms with Crippen molar-refractivity contribution in [1.29, 1.82) is 0 Å². The molecule has 0 rings (SSSR count). The van der Waals surface area contributed by atoms with Gasteiger partial charge in [-0.15, -0.1) is 0 Å². The summed E-state index contributed by atoms with van der Waals surface area (Å²) in [5.74, 6) is 0.556. The van der Waals surface area contributed by atoms with Gasteiger partial charge in [0.15, 0.2) is 0 Å². The molecule has 1 N–H and O–H groups in total. The van der Waals surface area contributed by atoms with Crippen LogP contribution in [0.5, 0.6) is 0 Å². The van der Waals surface area contributed by atoms with Gasteiger partial charge in [-0.1, -0.05) is 149 Å². The van der Waals surface area contributed by atoms with Crippen molar-refractivity contribution in [1.82, 2.24) is 4.90 Å². The van der Waals surface area contributed by atoms with Gasteiger partial charge in [-0.25, -0.2) is 0 Å². The van der Waals surface area contributed by atoms with E-state index in [0.717, 1.165) is 64.5 Å². The Hall–Kier alpha value is -1.14. The van der Waals surface area contributed by atoms with Gasteiger partial charge in [-0.3, -0.25) is 9.59 Å². The molecular weight excluding hydrogens is 562 g/mol. The van der Waals surface area contributed by atoms with E-state index in [1.165, 1.54) is 109 Å². The van der Waals surface area contributed by atoms with Gasteiger partial charge in [-0.2, -0.15) is 0 Å². The van der Waals surface area contributed by atoms with E-state index in [1.54, 1.807) is 0 Å². The zero-order valence-corrected chi connectivity index (χ0v) is 30.4. The first-order chi connectivity index (χ1) is 22.1.